The van der Waals surface area contributed by atoms with Crippen molar-refractivity contribution in [2.45, 2.75) is 19.9 Å². The van der Waals surface area contributed by atoms with E-state index >= 15 is 0 Å². The second-order valence-corrected chi connectivity index (χ2v) is 10.7. The topological polar surface area (TPSA) is 75.0 Å². The van der Waals surface area contributed by atoms with Crippen LogP contribution in [-0.2, 0) is 11.0 Å². The fraction of sp³-hybridized carbons (Fsp3) is 0.276. The van der Waals surface area contributed by atoms with Crippen LogP contribution in [0.1, 0.15) is 34.5 Å². The summed E-state index contributed by atoms with van der Waals surface area (Å²) in [5.41, 5.74) is 4.89. The van der Waals surface area contributed by atoms with Crippen LogP contribution in [0.4, 0.5) is 5.69 Å². The molecule has 8 heteroatoms. The molecule has 2 heterocycles. The summed E-state index contributed by atoms with van der Waals surface area (Å²) in [4.78, 5) is 15.3. The first-order chi connectivity index (χ1) is 17.8. The zero-order valence-corrected chi connectivity index (χ0v) is 22.5. The van der Waals surface area contributed by atoms with E-state index in [0.29, 0.717) is 29.2 Å². The summed E-state index contributed by atoms with van der Waals surface area (Å²) >= 11 is 0. The number of ether oxygens (including phenoxy) is 1. The summed E-state index contributed by atoms with van der Waals surface area (Å²) in [6, 6.07) is 19.4. The maximum atomic E-state index is 13.1. The van der Waals surface area contributed by atoms with Gasteiger partial charge in [0.25, 0.3) is 5.91 Å². The van der Waals surface area contributed by atoms with Crippen LogP contribution < -0.4 is 14.4 Å². The number of rotatable bonds is 5. The highest BCUT2D eigenvalue weighted by Gasteiger charge is 2.29. The number of nitrogens with zero attached hydrogens (tertiary/aromatic N) is 2. The maximum absolute atomic E-state index is 13.1. The van der Waals surface area contributed by atoms with Crippen molar-refractivity contribution < 1.29 is 18.2 Å². The Bertz CT molecular complexity index is 1480. The number of anilines is 1. The van der Waals surface area contributed by atoms with Crippen LogP contribution in [-0.4, -0.2) is 48.5 Å². The third kappa shape index (κ3) is 4.74. The van der Waals surface area contributed by atoms with E-state index in [2.05, 4.69) is 24.2 Å². The average molecular weight is 518 g/mol. The van der Waals surface area contributed by atoms with Gasteiger partial charge < -0.3 is 14.5 Å². The van der Waals surface area contributed by atoms with Crippen molar-refractivity contribution in [1.29, 1.82) is 0 Å². The normalized spacial score (nSPS) is 16.8. The van der Waals surface area contributed by atoms with Crippen LogP contribution in [0.25, 0.3) is 22.3 Å². The lowest BCUT2D eigenvalue weighted by Gasteiger charge is -2.23. The summed E-state index contributed by atoms with van der Waals surface area (Å²) < 4.78 is 26.8. The second kappa shape index (κ2) is 10.0. The fourth-order valence-corrected chi connectivity index (χ4v) is 5.51. The van der Waals surface area contributed by atoms with Gasteiger partial charge in [-0.3, -0.25) is 14.0 Å². The smallest absolute Gasteiger partial charge is 0.255 e. The molecule has 0 bridgehead atoms. The number of carbonyl (C=O) groups excluding carboxylic acids is 1. The predicted molar refractivity (Wildman–Crippen MR) is 149 cm³/mol. The monoisotopic (exact) mass is 517 g/mol. The Kier molecular flexibility index (Phi) is 6.79. The number of nitrogens with one attached hydrogen (secondary N) is 1. The van der Waals surface area contributed by atoms with Crippen LogP contribution in [0.3, 0.4) is 0 Å². The molecule has 192 valence electrons. The summed E-state index contributed by atoms with van der Waals surface area (Å²) in [5, 5.41) is 3.50. The van der Waals surface area contributed by atoms with Gasteiger partial charge in [-0.15, -0.1) is 0 Å². The van der Waals surface area contributed by atoms with Crippen LogP contribution >= 0.6 is 0 Å². The molecule has 2 unspecified atom stereocenters. The molecular weight excluding hydrogens is 486 g/mol. The molecule has 4 aromatic rings. The minimum absolute atomic E-state index is 0.0852. The highest BCUT2D eigenvalue weighted by atomic mass is 32.2. The molecule has 1 N–H and O–H groups in total. The van der Waals surface area contributed by atoms with Gasteiger partial charge in [-0.2, -0.15) is 0 Å². The van der Waals surface area contributed by atoms with Gasteiger partial charge in [-0.05, 0) is 68.9 Å². The SMILES string of the molecule is CNC(=O)c1c(-c2ccc(Oc3ccc(C)cc3)cc2)oc2cc3c(cc12)C(C)N(C)CCN3S(C)=O. The van der Waals surface area contributed by atoms with Crippen molar-refractivity contribution in [1.82, 2.24) is 10.2 Å². The first-order valence-corrected chi connectivity index (χ1v) is 13.8. The molecule has 1 aliphatic heterocycles. The lowest BCUT2D eigenvalue weighted by atomic mass is 9.99. The van der Waals surface area contributed by atoms with E-state index < -0.39 is 11.0 Å². The summed E-state index contributed by atoms with van der Waals surface area (Å²) in [6.07, 6.45) is 1.69. The molecule has 37 heavy (non-hydrogen) atoms. The van der Waals surface area contributed by atoms with Crippen molar-refractivity contribution in [2.24, 2.45) is 0 Å². The molecule has 7 nitrogen and oxygen atoms in total. The van der Waals surface area contributed by atoms with Crippen LogP contribution in [0, 0.1) is 6.92 Å². The molecular formula is C29H31N3O4S. The van der Waals surface area contributed by atoms with Crippen molar-refractivity contribution >= 4 is 33.5 Å². The highest BCUT2D eigenvalue weighted by Crippen LogP contribution is 2.41. The Morgan fingerprint density at radius 1 is 1.05 bits per heavy atom. The van der Waals surface area contributed by atoms with E-state index in [1.54, 1.807) is 13.3 Å². The van der Waals surface area contributed by atoms with E-state index in [0.717, 1.165) is 34.5 Å². The number of likely N-dealkylation sites (N-methyl/N-ethyl adjacent to an activating group) is 1. The van der Waals surface area contributed by atoms with Gasteiger partial charge in [0.05, 0.1) is 11.3 Å². The largest absolute Gasteiger partial charge is 0.457 e. The zero-order chi connectivity index (χ0) is 26.3. The van der Waals surface area contributed by atoms with E-state index in [9.17, 15) is 9.00 Å². The number of hydrogen-bond acceptors (Lipinski definition) is 5. The number of aryl methyl sites for hydroxylation is 1. The third-order valence-corrected chi connectivity index (χ3v) is 8.01. The first-order valence-electron chi connectivity index (χ1n) is 12.3. The summed E-state index contributed by atoms with van der Waals surface area (Å²) in [7, 11) is 2.48. The Labute approximate surface area is 219 Å². The van der Waals surface area contributed by atoms with E-state index in [1.165, 1.54) is 5.56 Å². The second-order valence-electron chi connectivity index (χ2n) is 9.41. The number of amides is 1. The minimum atomic E-state index is -1.19. The predicted octanol–water partition coefficient (Wildman–Crippen LogP) is 5.67. The van der Waals surface area contributed by atoms with E-state index in [1.807, 2.05) is 71.9 Å². The highest BCUT2D eigenvalue weighted by molar-refractivity contribution is 7.85. The van der Waals surface area contributed by atoms with Gasteiger partial charge in [0.1, 0.15) is 33.8 Å². The fourth-order valence-electron chi connectivity index (χ4n) is 4.74. The van der Waals surface area contributed by atoms with Gasteiger partial charge in [-0.25, -0.2) is 4.21 Å². The molecule has 2 atom stereocenters. The molecule has 0 spiro atoms. The molecule has 0 fully saturated rings. The number of carbonyl (C=O) groups is 1. The van der Waals surface area contributed by atoms with Crippen LogP contribution in [0.5, 0.6) is 11.5 Å². The molecule has 3 aromatic carbocycles. The average Bonchev–Trinajstić information content (AvgIpc) is 3.21. The molecule has 1 aromatic heterocycles. The van der Waals surface area contributed by atoms with Gasteiger partial charge in [0, 0.05) is 49.5 Å². The molecule has 1 aliphatic rings. The van der Waals surface area contributed by atoms with Crippen LogP contribution in [0.2, 0.25) is 0 Å². The summed E-state index contributed by atoms with van der Waals surface area (Å²) in [6.45, 7) is 5.58. The van der Waals surface area contributed by atoms with Gasteiger partial charge >= 0.3 is 0 Å². The number of fused-ring (bicyclic) bond motifs is 2. The maximum Gasteiger partial charge on any atom is 0.255 e. The Morgan fingerprint density at radius 3 is 2.32 bits per heavy atom. The number of furan rings is 1. The van der Waals surface area contributed by atoms with Crippen molar-refractivity contribution in [3.05, 3.63) is 77.4 Å². The van der Waals surface area contributed by atoms with Gasteiger partial charge in [-0.1, -0.05) is 17.7 Å². The number of hydrogen-bond donors (Lipinski definition) is 1. The third-order valence-electron chi connectivity index (χ3n) is 7.01. The van der Waals surface area contributed by atoms with Crippen molar-refractivity contribution in [3.8, 4) is 22.8 Å². The Balaban J connectivity index is 1.60. The zero-order valence-electron chi connectivity index (χ0n) is 21.7. The molecule has 0 aliphatic carbocycles. The quantitative estimate of drug-likeness (QED) is 0.369. The molecule has 0 radical (unpaired) electrons. The number of benzene rings is 3. The lowest BCUT2D eigenvalue weighted by molar-refractivity contribution is 0.0964. The standard InChI is InChI=1S/C29H31N3O4S/c1-18-6-10-21(11-7-18)35-22-12-8-20(9-13-22)28-27(29(33)30-3)24-16-23-19(2)31(4)14-15-32(37(5)34)25(23)17-26(24)36-28/h6-13,16-17,19H,14-15H2,1-5H3,(H,30,33). The molecule has 0 saturated heterocycles. The molecule has 5 rings (SSSR count). The van der Waals surface area contributed by atoms with Crippen LogP contribution in [0.15, 0.2) is 65.1 Å². The van der Waals surface area contributed by atoms with Crippen molar-refractivity contribution in [2.75, 3.05) is 37.7 Å². The Hall–Kier alpha value is -3.62. The minimum Gasteiger partial charge on any atom is -0.457 e. The Morgan fingerprint density at radius 2 is 1.70 bits per heavy atom. The van der Waals surface area contributed by atoms with Crippen molar-refractivity contribution in [3.63, 3.8) is 0 Å². The first kappa shape index (κ1) is 25.0. The molecule has 1 amide bonds. The van der Waals surface area contributed by atoms with Gasteiger partial charge in [0.2, 0.25) is 0 Å². The lowest BCUT2D eigenvalue weighted by Crippen LogP contribution is -2.31. The van der Waals surface area contributed by atoms with E-state index in [-0.39, 0.29) is 11.9 Å². The molecule has 0 saturated carbocycles. The van der Waals surface area contributed by atoms with Gasteiger partial charge in [0.15, 0.2) is 0 Å². The van der Waals surface area contributed by atoms with E-state index in [4.69, 9.17) is 9.15 Å². The summed E-state index contributed by atoms with van der Waals surface area (Å²) in [5.74, 6) is 1.71.